The Balaban J connectivity index is 1.70. The molecule has 0 bridgehead atoms. The highest BCUT2D eigenvalue weighted by Gasteiger charge is 2.30. The molecule has 6 nitrogen and oxygen atoms in total. The summed E-state index contributed by atoms with van der Waals surface area (Å²) in [7, 11) is 0. The first-order valence-electron chi connectivity index (χ1n) is 7.18. The molecule has 1 atom stereocenters. The second kappa shape index (κ2) is 5.95. The van der Waals surface area contributed by atoms with Crippen molar-refractivity contribution in [2.75, 3.05) is 11.9 Å². The molecule has 2 aromatic heterocycles. The average molecular weight is 305 g/mol. The number of carbonyl (C=O) groups excluding carboxylic acids is 1. The molecule has 1 fully saturated rings. The Hall–Kier alpha value is -1.73. The monoisotopic (exact) mass is 305 g/mol. The Labute approximate surface area is 127 Å². The van der Waals surface area contributed by atoms with E-state index in [2.05, 4.69) is 22.3 Å². The van der Waals surface area contributed by atoms with Crippen molar-refractivity contribution in [1.29, 1.82) is 0 Å². The van der Waals surface area contributed by atoms with Gasteiger partial charge in [0.1, 0.15) is 11.5 Å². The molecule has 1 aliphatic carbocycles. The standard InChI is InChI=1S/C14H19N5OS/c1-9(10-2-3-10)19-12(5-7-16-19)18-14(20)11-8-21-13(17-11)4-6-15/h5,7-10H,2-4,6,15H2,1H3,(H,18,20). The Morgan fingerprint density at radius 2 is 2.43 bits per heavy atom. The fraction of sp³-hybridized carbons (Fsp3) is 0.500. The van der Waals surface area contributed by atoms with Gasteiger partial charge in [-0.3, -0.25) is 4.79 Å². The zero-order chi connectivity index (χ0) is 14.8. The van der Waals surface area contributed by atoms with Crippen LogP contribution < -0.4 is 11.1 Å². The van der Waals surface area contributed by atoms with Crippen LogP contribution in [0.2, 0.25) is 0 Å². The van der Waals surface area contributed by atoms with E-state index >= 15 is 0 Å². The highest BCUT2D eigenvalue weighted by Crippen LogP contribution is 2.40. The van der Waals surface area contributed by atoms with Crippen LogP contribution in [-0.2, 0) is 6.42 Å². The lowest BCUT2D eigenvalue weighted by molar-refractivity contribution is 0.102. The van der Waals surface area contributed by atoms with Crippen LogP contribution >= 0.6 is 11.3 Å². The van der Waals surface area contributed by atoms with Crippen molar-refractivity contribution in [3.8, 4) is 0 Å². The normalized spacial score (nSPS) is 15.9. The molecular weight excluding hydrogens is 286 g/mol. The summed E-state index contributed by atoms with van der Waals surface area (Å²) >= 11 is 1.47. The van der Waals surface area contributed by atoms with Gasteiger partial charge in [0.25, 0.3) is 5.91 Å². The van der Waals surface area contributed by atoms with Gasteiger partial charge in [-0.25, -0.2) is 9.67 Å². The first kappa shape index (κ1) is 14.2. The van der Waals surface area contributed by atoms with Crippen LogP contribution in [-0.4, -0.2) is 27.2 Å². The lowest BCUT2D eigenvalue weighted by Gasteiger charge is -2.14. The molecule has 1 saturated carbocycles. The van der Waals surface area contributed by atoms with Crippen LogP contribution in [0.4, 0.5) is 5.82 Å². The van der Waals surface area contributed by atoms with Gasteiger partial charge < -0.3 is 11.1 Å². The molecule has 0 saturated heterocycles. The Kier molecular flexibility index (Phi) is 4.03. The van der Waals surface area contributed by atoms with Gasteiger partial charge in [-0.05, 0) is 32.2 Å². The maximum atomic E-state index is 12.3. The fourth-order valence-electron chi connectivity index (χ4n) is 2.35. The van der Waals surface area contributed by atoms with E-state index in [0.29, 0.717) is 30.6 Å². The number of hydrogen-bond donors (Lipinski definition) is 2. The van der Waals surface area contributed by atoms with Gasteiger partial charge in [0.2, 0.25) is 0 Å². The zero-order valence-electron chi connectivity index (χ0n) is 12.0. The van der Waals surface area contributed by atoms with Crippen molar-refractivity contribution < 1.29 is 4.79 Å². The molecule has 1 unspecified atom stereocenters. The summed E-state index contributed by atoms with van der Waals surface area (Å²) in [5.74, 6) is 1.21. The number of rotatable bonds is 6. The number of aromatic nitrogens is 3. The van der Waals surface area contributed by atoms with E-state index in [1.54, 1.807) is 11.6 Å². The number of carbonyl (C=O) groups is 1. The molecule has 0 radical (unpaired) electrons. The molecule has 2 aromatic rings. The van der Waals surface area contributed by atoms with Crippen molar-refractivity contribution in [3.63, 3.8) is 0 Å². The Morgan fingerprint density at radius 1 is 1.62 bits per heavy atom. The summed E-state index contributed by atoms with van der Waals surface area (Å²) in [5.41, 5.74) is 5.94. The van der Waals surface area contributed by atoms with Crippen LogP contribution in [0, 0.1) is 5.92 Å². The zero-order valence-corrected chi connectivity index (χ0v) is 12.8. The first-order chi connectivity index (χ1) is 10.2. The van der Waals surface area contributed by atoms with Crippen molar-refractivity contribution in [2.24, 2.45) is 11.7 Å². The van der Waals surface area contributed by atoms with Gasteiger partial charge in [-0.15, -0.1) is 11.3 Å². The molecule has 21 heavy (non-hydrogen) atoms. The van der Waals surface area contributed by atoms with E-state index in [1.165, 1.54) is 24.2 Å². The van der Waals surface area contributed by atoms with Gasteiger partial charge >= 0.3 is 0 Å². The maximum Gasteiger partial charge on any atom is 0.276 e. The van der Waals surface area contributed by atoms with Crippen LogP contribution in [0.3, 0.4) is 0 Å². The van der Waals surface area contributed by atoms with Crippen molar-refractivity contribution >= 4 is 23.1 Å². The lowest BCUT2D eigenvalue weighted by atomic mass is 10.2. The van der Waals surface area contributed by atoms with Crippen LogP contribution in [0.5, 0.6) is 0 Å². The predicted octanol–water partition coefficient (Wildman–Crippen LogP) is 2.06. The largest absolute Gasteiger partial charge is 0.330 e. The molecule has 3 N–H and O–H groups in total. The quantitative estimate of drug-likeness (QED) is 0.855. The predicted molar refractivity (Wildman–Crippen MR) is 82.5 cm³/mol. The minimum absolute atomic E-state index is 0.195. The number of hydrogen-bond acceptors (Lipinski definition) is 5. The number of amides is 1. The van der Waals surface area contributed by atoms with Crippen molar-refractivity contribution in [2.45, 2.75) is 32.2 Å². The molecule has 0 spiro atoms. The summed E-state index contributed by atoms with van der Waals surface area (Å²) in [4.78, 5) is 16.5. The minimum Gasteiger partial charge on any atom is -0.330 e. The molecule has 112 valence electrons. The van der Waals surface area contributed by atoms with E-state index in [1.807, 2.05) is 10.7 Å². The van der Waals surface area contributed by atoms with E-state index in [-0.39, 0.29) is 5.91 Å². The average Bonchev–Trinajstić information content (AvgIpc) is 3.04. The highest BCUT2D eigenvalue weighted by atomic mass is 32.1. The molecule has 2 heterocycles. The lowest BCUT2D eigenvalue weighted by Crippen LogP contribution is -2.18. The second-order valence-electron chi connectivity index (χ2n) is 5.36. The number of anilines is 1. The van der Waals surface area contributed by atoms with Gasteiger partial charge in [-0.1, -0.05) is 0 Å². The van der Waals surface area contributed by atoms with E-state index in [4.69, 9.17) is 5.73 Å². The summed E-state index contributed by atoms with van der Waals surface area (Å²) in [6.45, 7) is 2.68. The molecule has 3 rings (SSSR count). The third-order valence-electron chi connectivity index (χ3n) is 3.74. The summed E-state index contributed by atoms with van der Waals surface area (Å²) in [5, 5.41) is 9.89. The smallest absolute Gasteiger partial charge is 0.276 e. The first-order valence-corrected chi connectivity index (χ1v) is 8.06. The molecule has 7 heteroatoms. The number of nitrogens with two attached hydrogens (primary N) is 1. The number of nitrogens with one attached hydrogen (secondary N) is 1. The topological polar surface area (TPSA) is 85.8 Å². The van der Waals surface area contributed by atoms with Crippen LogP contribution in [0.1, 0.15) is 41.3 Å². The third kappa shape index (κ3) is 3.14. The molecule has 0 aliphatic heterocycles. The van der Waals surface area contributed by atoms with E-state index < -0.39 is 0 Å². The summed E-state index contributed by atoms with van der Waals surface area (Å²) in [6, 6.07) is 2.14. The molecular formula is C14H19N5OS. The number of thiazole rings is 1. The molecule has 1 amide bonds. The van der Waals surface area contributed by atoms with E-state index in [0.717, 1.165) is 10.8 Å². The van der Waals surface area contributed by atoms with Gasteiger partial charge in [0, 0.05) is 17.9 Å². The van der Waals surface area contributed by atoms with Crippen LogP contribution in [0.15, 0.2) is 17.6 Å². The second-order valence-corrected chi connectivity index (χ2v) is 6.30. The summed E-state index contributed by atoms with van der Waals surface area (Å²) in [6.07, 6.45) is 4.90. The number of nitrogens with zero attached hydrogens (tertiary/aromatic N) is 3. The van der Waals surface area contributed by atoms with Gasteiger partial charge in [0.05, 0.1) is 17.2 Å². The van der Waals surface area contributed by atoms with E-state index in [9.17, 15) is 4.79 Å². The maximum absolute atomic E-state index is 12.3. The fourth-order valence-corrected chi connectivity index (χ4v) is 3.14. The SMILES string of the molecule is CC(C1CC1)n1nccc1NC(=O)c1csc(CCN)n1. The summed E-state index contributed by atoms with van der Waals surface area (Å²) < 4.78 is 1.89. The van der Waals surface area contributed by atoms with Gasteiger partial charge in [-0.2, -0.15) is 5.10 Å². The minimum atomic E-state index is -0.195. The molecule has 1 aliphatic rings. The highest BCUT2D eigenvalue weighted by molar-refractivity contribution is 7.09. The Morgan fingerprint density at radius 3 is 3.14 bits per heavy atom. The van der Waals surface area contributed by atoms with Crippen molar-refractivity contribution in [1.82, 2.24) is 14.8 Å². The van der Waals surface area contributed by atoms with Crippen molar-refractivity contribution in [3.05, 3.63) is 28.3 Å². The Bertz CT molecular complexity index is 631. The third-order valence-corrected chi connectivity index (χ3v) is 4.65. The van der Waals surface area contributed by atoms with Gasteiger partial charge in [0.15, 0.2) is 0 Å². The van der Waals surface area contributed by atoms with Crippen LogP contribution in [0.25, 0.3) is 0 Å². The molecule has 0 aromatic carbocycles.